The Morgan fingerprint density at radius 1 is 1.30 bits per heavy atom. The zero-order valence-electron chi connectivity index (χ0n) is 5.48. The highest BCUT2D eigenvalue weighted by Crippen LogP contribution is 2.68. The van der Waals surface area contributed by atoms with Crippen LogP contribution in [0.15, 0.2) is 0 Å². The van der Waals surface area contributed by atoms with Crippen molar-refractivity contribution in [3.8, 4) is 0 Å². The lowest BCUT2D eigenvalue weighted by molar-refractivity contribution is 0.0644. The molecular weight excluding hydrogens is 136 g/mol. The molecule has 0 spiro atoms. The molecule has 4 atom stereocenters. The number of rotatable bonds is 0. The Labute approximate surface area is 57.8 Å². The summed E-state index contributed by atoms with van der Waals surface area (Å²) in [6.45, 7) is 0.835. The maximum Gasteiger partial charge on any atom is 0.256 e. The van der Waals surface area contributed by atoms with Crippen LogP contribution in [-0.4, -0.2) is 18.5 Å². The molecule has 3 aliphatic rings. The third-order valence-corrected chi connectivity index (χ3v) is 3.31. The predicted molar refractivity (Wildman–Crippen MR) is 31.8 cm³/mol. The normalized spacial score (nSPS) is 60.6. The zero-order chi connectivity index (χ0) is 6.93. The molecule has 3 heteroatoms. The second-order valence-corrected chi connectivity index (χ2v) is 3.74. The highest BCUT2D eigenvalue weighted by molar-refractivity contribution is 5.21. The Hall–Kier alpha value is -0.180. The van der Waals surface area contributed by atoms with Gasteiger partial charge in [-0.1, -0.05) is 0 Å². The monoisotopic (exact) mass is 145 g/mol. The summed E-state index contributed by atoms with van der Waals surface area (Å²) in [4.78, 5) is 0. The molecule has 1 nitrogen and oxygen atoms in total. The standard InChI is InChI=1S/C7H9F2N/c8-7(9)5-3-1-4(6(5)7)10-2-3/h3-6,10H,1-2H2/t3-,4-,5-,6+/m0/s1. The van der Waals surface area contributed by atoms with Gasteiger partial charge in [0, 0.05) is 17.9 Å². The van der Waals surface area contributed by atoms with Gasteiger partial charge in [0.05, 0.1) is 0 Å². The average molecular weight is 145 g/mol. The number of hydrogen-bond donors (Lipinski definition) is 1. The quantitative estimate of drug-likeness (QED) is 0.533. The minimum absolute atomic E-state index is 0.157. The van der Waals surface area contributed by atoms with Crippen LogP contribution < -0.4 is 5.32 Å². The Morgan fingerprint density at radius 3 is 2.60 bits per heavy atom. The van der Waals surface area contributed by atoms with E-state index < -0.39 is 5.92 Å². The molecule has 0 unspecified atom stereocenters. The summed E-state index contributed by atoms with van der Waals surface area (Å²) in [6.07, 6.45) is 1.00. The SMILES string of the molecule is FC1(F)[C@H]2[C@@H]3CN[C@@H](C3)[C@H]21. The first-order valence-electron chi connectivity index (χ1n) is 3.82. The van der Waals surface area contributed by atoms with Crippen molar-refractivity contribution in [1.82, 2.24) is 5.32 Å². The number of fused-ring (bicyclic) bond motifs is 5. The summed E-state index contributed by atoms with van der Waals surface area (Å²) in [5, 5.41) is 3.12. The Bertz CT molecular complexity index is 174. The summed E-state index contributed by atoms with van der Waals surface area (Å²) in [5.41, 5.74) is 0. The summed E-state index contributed by atoms with van der Waals surface area (Å²) in [7, 11) is 0. The van der Waals surface area contributed by atoms with Gasteiger partial charge in [0.1, 0.15) is 0 Å². The molecule has 1 N–H and O–H groups in total. The molecular formula is C7H9F2N. The third kappa shape index (κ3) is 0.383. The smallest absolute Gasteiger partial charge is 0.256 e. The number of alkyl halides is 2. The van der Waals surface area contributed by atoms with E-state index in [1.807, 2.05) is 0 Å². The molecule has 2 saturated carbocycles. The number of piperidine rings is 1. The van der Waals surface area contributed by atoms with Crippen LogP contribution in [0.25, 0.3) is 0 Å². The van der Waals surface area contributed by atoms with Crippen molar-refractivity contribution in [3.63, 3.8) is 0 Å². The molecule has 0 amide bonds. The first-order chi connectivity index (χ1) is 4.71. The lowest BCUT2D eigenvalue weighted by Crippen LogP contribution is -2.27. The van der Waals surface area contributed by atoms with Crippen LogP contribution >= 0.6 is 0 Å². The van der Waals surface area contributed by atoms with E-state index >= 15 is 0 Å². The van der Waals surface area contributed by atoms with Gasteiger partial charge in [-0.3, -0.25) is 0 Å². The van der Waals surface area contributed by atoms with Crippen molar-refractivity contribution in [2.45, 2.75) is 18.4 Å². The number of hydrogen-bond acceptors (Lipinski definition) is 1. The fraction of sp³-hybridized carbons (Fsp3) is 1.00. The number of halogens is 2. The van der Waals surface area contributed by atoms with Crippen LogP contribution in [0.3, 0.4) is 0 Å². The summed E-state index contributed by atoms with van der Waals surface area (Å²) < 4.78 is 25.5. The van der Waals surface area contributed by atoms with E-state index in [1.165, 1.54) is 0 Å². The van der Waals surface area contributed by atoms with Crippen LogP contribution in [0.1, 0.15) is 6.42 Å². The maximum absolute atomic E-state index is 12.7. The summed E-state index contributed by atoms with van der Waals surface area (Å²) in [6, 6.07) is 0.157. The van der Waals surface area contributed by atoms with E-state index in [-0.39, 0.29) is 17.9 Å². The maximum atomic E-state index is 12.7. The van der Waals surface area contributed by atoms with Crippen molar-refractivity contribution < 1.29 is 8.78 Å². The van der Waals surface area contributed by atoms with Gasteiger partial charge in [-0.2, -0.15) is 0 Å². The highest BCUT2D eigenvalue weighted by Gasteiger charge is 2.78. The van der Waals surface area contributed by atoms with Crippen LogP contribution in [0.2, 0.25) is 0 Å². The van der Waals surface area contributed by atoms with E-state index in [0.717, 1.165) is 13.0 Å². The fourth-order valence-electron chi connectivity index (χ4n) is 2.84. The van der Waals surface area contributed by atoms with Crippen molar-refractivity contribution in [2.75, 3.05) is 6.54 Å². The number of nitrogens with one attached hydrogen (secondary N) is 1. The van der Waals surface area contributed by atoms with Gasteiger partial charge in [0.25, 0.3) is 5.92 Å². The second kappa shape index (κ2) is 1.24. The molecule has 0 aromatic carbocycles. The average Bonchev–Trinajstić information content (AvgIpc) is 2.37. The van der Waals surface area contributed by atoms with E-state index in [4.69, 9.17) is 0 Å². The van der Waals surface area contributed by atoms with Gasteiger partial charge in [-0.15, -0.1) is 0 Å². The van der Waals surface area contributed by atoms with Crippen molar-refractivity contribution in [2.24, 2.45) is 17.8 Å². The second-order valence-electron chi connectivity index (χ2n) is 3.74. The summed E-state index contributed by atoms with van der Waals surface area (Å²) in [5.74, 6) is -2.52. The third-order valence-electron chi connectivity index (χ3n) is 3.31. The molecule has 3 fully saturated rings. The molecule has 2 bridgehead atoms. The molecule has 0 aromatic rings. The van der Waals surface area contributed by atoms with E-state index in [2.05, 4.69) is 5.32 Å². The van der Waals surface area contributed by atoms with E-state index in [9.17, 15) is 8.78 Å². The fourth-order valence-corrected chi connectivity index (χ4v) is 2.84. The van der Waals surface area contributed by atoms with Crippen LogP contribution in [0, 0.1) is 17.8 Å². The highest BCUT2D eigenvalue weighted by atomic mass is 19.3. The van der Waals surface area contributed by atoms with E-state index in [0.29, 0.717) is 5.92 Å². The molecule has 56 valence electrons. The molecule has 1 saturated heterocycles. The molecule has 3 rings (SSSR count). The van der Waals surface area contributed by atoms with Gasteiger partial charge < -0.3 is 5.32 Å². The van der Waals surface area contributed by atoms with Gasteiger partial charge in [0.2, 0.25) is 0 Å². The largest absolute Gasteiger partial charge is 0.313 e. The lowest BCUT2D eigenvalue weighted by Gasteiger charge is -2.06. The van der Waals surface area contributed by atoms with Crippen molar-refractivity contribution in [3.05, 3.63) is 0 Å². The molecule has 1 aliphatic heterocycles. The molecule has 0 aromatic heterocycles. The Kier molecular flexibility index (Phi) is 0.680. The zero-order valence-corrected chi connectivity index (χ0v) is 5.48. The lowest BCUT2D eigenvalue weighted by atomic mass is 10.1. The molecule has 0 radical (unpaired) electrons. The van der Waals surface area contributed by atoms with Crippen LogP contribution in [0.4, 0.5) is 8.78 Å². The molecule has 10 heavy (non-hydrogen) atoms. The van der Waals surface area contributed by atoms with Gasteiger partial charge in [0.15, 0.2) is 0 Å². The first kappa shape index (κ1) is 5.47. The van der Waals surface area contributed by atoms with Gasteiger partial charge in [-0.25, -0.2) is 8.78 Å². The Balaban J connectivity index is 1.97. The van der Waals surface area contributed by atoms with Gasteiger partial charge >= 0.3 is 0 Å². The van der Waals surface area contributed by atoms with Crippen molar-refractivity contribution in [1.29, 1.82) is 0 Å². The van der Waals surface area contributed by atoms with Crippen LogP contribution in [-0.2, 0) is 0 Å². The molecule has 2 aliphatic carbocycles. The minimum atomic E-state index is -2.29. The van der Waals surface area contributed by atoms with E-state index in [1.54, 1.807) is 0 Å². The Morgan fingerprint density at radius 2 is 2.10 bits per heavy atom. The first-order valence-corrected chi connectivity index (χ1v) is 3.82. The molecule has 1 heterocycles. The van der Waals surface area contributed by atoms with Crippen LogP contribution in [0.5, 0.6) is 0 Å². The summed E-state index contributed by atoms with van der Waals surface area (Å²) >= 11 is 0. The topological polar surface area (TPSA) is 12.0 Å². The van der Waals surface area contributed by atoms with Crippen molar-refractivity contribution >= 4 is 0 Å². The van der Waals surface area contributed by atoms with Gasteiger partial charge in [-0.05, 0) is 18.9 Å². The minimum Gasteiger partial charge on any atom is -0.313 e. The predicted octanol–water partition coefficient (Wildman–Crippen LogP) is 0.859.